The SMILES string of the molecule is CC(=O)N(CC[NH+]1CCOCC1)c1nc2ccccc2s1. The van der Waals surface area contributed by atoms with Crippen LogP contribution in [0.5, 0.6) is 0 Å². The lowest BCUT2D eigenvalue weighted by Gasteiger charge is -2.26. The molecule has 2 heterocycles. The van der Waals surface area contributed by atoms with Crippen molar-refractivity contribution in [3.63, 3.8) is 0 Å². The Morgan fingerprint density at radius 3 is 2.86 bits per heavy atom. The van der Waals surface area contributed by atoms with Gasteiger partial charge in [0.1, 0.15) is 13.1 Å². The van der Waals surface area contributed by atoms with Crippen LogP contribution in [-0.4, -0.2) is 50.3 Å². The molecule has 3 rings (SSSR count). The van der Waals surface area contributed by atoms with Crippen LogP contribution in [0.1, 0.15) is 6.92 Å². The molecule has 21 heavy (non-hydrogen) atoms. The van der Waals surface area contributed by atoms with Crippen LogP contribution in [-0.2, 0) is 9.53 Å². The molecule has 0 aliphatic carbocycles. The third-order valence-corrected chi connectivity index (χ3v) is 4.84. The number of hydrogen-bond donors (Lipinski definition) is 1. The highest BCUT2D eigenvalue weighted by atomic mass is 32.1. The molecule has 1 saturated heterocycles. The topological polar surface area (TPSA) is 46.9 Å². The molecule has 0 radical (unpaired) electrons. The zero-order valence-electron chi connectivity index (χ0n) is 12.2. The number of carbonyl (C=O) groups excluding carboxylic acids is 1. The van der Waals surface area contributed by atoms with E-state index in [0.29, 0.717) is 6.54 Å². The summed E-state index contributed by atoms with van der Waals surface area (Å²) in [4.78, 5) is 19.8. The lowest BCUT2D eigenvalue weighted by atomic mass is 10.3. The highest BCUT2D eigenvalue weighted by Crippen LogP contribution is 2.28. The van der Waals surface area contributed by atoms with Gasteiger partial charge in [-0.3, -0.25) is 9.69 Å². The lowest BCUT2D eigenvalue weighted by Crippen LogP contribution is -3.14. The summed E-state index contributed by atoms with van der Waals surface area (Å²) in [5.74, 6) is 0.0571. The largest absolute Gasteiger partial charge is 0.370 e. The Morgan fingerprint density at radius 2 is 2.14 bits per heavy atom. The minimum absolute atomic E-state index is 0.0571. The number of amides is 1. The number of nitrogens with zero attached hydrogens (tertiary/aromatic N) is 2. The van der Waals surface area contributed by atoms with Gasteiger partial charge in [0.25, 0.3) is 0 Å². The standard InChI is InChI=1S/C15H19N3O2S/c1-12(19)18(7-6-17-8-10-20-11-9-17)15-16-13-4-2-3-5-14(13)21-15/h2-5H,6-11H2,1H3/p+1. The fourth-order valence-corrected chi connectivity index (χ4v) is 3.58. The Labute approximate surface area is 128 Å². The first-order chi connectivity index (χ1) is 10.2. The summed E-state index contributed by atoms with van der Waals surface area (Å²) in [6.45, 7) is 6.94. The molecule has 6 heteroatoms. The molecule has 0 spiro atoms. The number of ether oxygens (including phenoxy) is 1. The van der Waals surface area contributed by atoms with Gasteiger partial charge in [0.2, 0.25) is 5.91 Å². The number of carbonyl (C=O) groups is 1. The summed E-state index contributed by atoms with van der Waals surface area (Å²) in [7, 11) is 0. The van der Waals surface area contributed by atoms with Gasteiger partial charge in [-0.1, -0.05) is 23.5 Å². The number of morpholine rings is 1. The maximum absolute atomic E-state index is 12.0. The van der Waals surface area contributed by atoms with Gasteiger partial charge < -0.3 is 9.64 Å². The Morgan fingerprint density at radius 1 is 1.38 bits per heavy atom. The fourth-order valence-electron chi connectivity index (χ4n) is 2.54. The average molecular weight is 306 g/mol. The molecule has 1 aliphatic heterocycles. The molecule has 0 unspecified atom stereocenters. The van der Waals surface area contributed by atoms with Crippen LogP contribution >= 0.6 is 11.3 Å². The van der Waals surface area contributed by atoms with Gasteiger partial charge in [0, 0.05) is 6.92 Å². The monoisotopic (exact) mass is 306 g/mol. The molecule has 2 aromatic rings. The number of fused-ring (bicyclic) bond motifs is 1. The summed E-state index contributed by atoms with van der Waals surface area (Å²) >= 11 is 1.58. The van der Waals surface area contributed by atoms with E-state index in [9.17, 15) is 4.79 Å². The maximum atomic E-state index is 12.0. The van der Waals surface area contributed by atoms with Crippen molar-refractivity contribution < 1.29 is 14.4 Å². The van der Waals surface area contributed by atoms with Gasteiger partial charge >= 0.3 is 0 Å². The normalized spacial score (nSPS) is 16.2. The second-order valence-corrected chi connectivity index (χ2v) is 6.26. The van der Waals surface area contributed by atoms with Crippen LogP contribution in [0.2, 0.25) is 0 Å². The van der Waals surface area contributed by atoms with Crippen LogP contribution < -0.4 is 9.80 Å². The number of anilines is 1. The molecule has 0 atom stereocenters. The molecule has 1 amide bonds. The molecule has 0 saturated carbocycles. The van der Waals surface area contributed by atoms with E-state index in [-0.39, 0.29) is 5.91 Å². The molecule has 1 fully saturated rings. The van der Waals surface area contributed by atoms with E-state index in [0.717, 1.165) is 48.2 Å². The number of quaternary nitrogens is 1. The van der Waals surface area contributed by atoms with Gasteiger partial charge in [0.15, 0.2) is 5.13 Å². The average Bonchev–Trinajstić information content (AvgIpc) is 2.91. The van der Waals surface area contributed by atoms with Crippen molar-refractivity contribution >= 4 is 32.6 Å². The van der Waals surface area contributed by atoms with E-state index in [1.165, 1.54) is 4.90 Å². The Bertz CT molecular complexity index is 589. The minimum atomic E-state index is 0.0571. The van der Waals surface area contributed by atoms with Crippen molar-refractivity contribution in [2.24, 2.45) is 0 Å². The van der Waals surface area contributed by atoms with Crippen molar-refractivity contribution in [1.29, 1.82) is 0 Å². The van der Waals surface area contributed by atoms with Crippen molar-refractivity contribution in [3.8, 4) is 0 Å². The first-order valence-corrected chi connectivity index (χ1v) is 8.10. The number of aromatic nitrogens is 1. The number of thiazole rings is 1. The van der Waals surface area contributed by atoms with Crippen LogP contribution in [0.25, 0.3) is 10.2 Å². The fraction of sp³-hybridized carbons (Fsp3) is 0.467. The van der Waals surface area contributed by atoms with Gasteiger partial charge in [-0.25, -0.2) is 4.98 Å². The molecule has 1 aliphatic rings. The Balaban J connectivity index is 1.72. The summed E-state index contributed by atoms with van der Waals surface area (Å²) in [6, 6.07) is 8.00. The highest BCUT2D eigenvalue weighted by Gasteiger charge is 2.20. The van der Waals surface area contributed by atoms with Crippen molar-refractivity contribution in [1.82, 2.24) is 4.98 Å². The van der Waals surface area contributed by atoms with Crippen molar-refractivity contribution in [3.05, 3.63) is 24.3 Å². The zero-order chi connectivity index (χ0) is 14.7. The number of para-hydroxylation sites is 1. The second-order valence-electron chi connectivity index (χ2n) is 5.25. The third kappa shape index (κ3) is 3.40. The predicted molar refractivity (Wildman–Crippen MR) is 84.0 cm³/mol. The van der Waals surface area contributed by atoms with E-state index in [4.69, 9.17) is 4.74 Å². The number of benzene rings is 1. The Kier molecular flexibility index (Phi) is 4.48. The summed E-state index contributed by atoms with van der Waals surface area (Å²) in [5, 5.41) is 0.802. The number of rotatable bonds is 4. The van der Waals surface area contributed by atoms with E-state index in [1.54, 1.807) is 23.2 Å². The quantitative estimate of drug-likeness (QED) is 0.898. The van der Waals surface area contributed by atoms with Gasteiger partial charge in [-0.15, -0.1) is 0 Å². The molecule has 112 valence electrons. The molecule has 1 aromatic carbocycles. The second kappa shape index (κ2) is 6.51. The number of hydrogen-bond acceptors (Lipinski definition) is 4. The van der Waals surface area contributed by atoms with E-state index in [1.807, 2.05) is 24.3 Å². The first-order valence-electron chi connectivity index (χ1n) is 7.29. The summed E-state index contributed by atoms with van der Waals surface area (Å²) < 4.78 is 6.49. The van der Waals surface area contributed by atoms with Gasteiger partial charge in [-0.2, -0.15) is 0 Å². The lowest BCUT2D eigenvalue weighted by molar-refractivity contribution is -0.906. The predicted octanol–water partition coefficient (Wildman–Crippen LogP) is 0.564. The number of nitrogens with one attached hydrogen (secondary N) is 1. The molecular weight excluding hydrogens is 286 g/mol. The van der Waals surface area contributed by atoms with Crippen LogP contribution in [0.3, 0.4) is 0 Å². The molecule has 5 nitrogen and oxygen atoms in total. The summed E-state index contributed by atoms with van der Waals surface area (Å²) in [5.41, 5.74) is 0.961. The molecular formula is C15H20N3O2S+. The summed E-state index contributed by atoms with van der Waals surface area (Å²) in [6.07, 6.45) is 0. The maximum Gasteiger partial charge on any atom is 0.225 e. The molecule has 1 N–H and O–H groups in total. The smallest absolute Gasteiger partial charge is 0.225 e. The zero-order valence-corrected chi connectivity index (χ0v) is 13.0. The Hall–Kier alpha value is -1.50. The van der Waals surface area contributed by atoms with Crippen molar-refractivity contribution in [2.75, 3.05) is 44.3 Å². The van der Waals surface area contributed by atoms with E-state index < -0.39 is 0 Å². The van der Waals surface area contributed by atoms with Crippen LogP contribution in [0, 0.1) is 0 Å². The van der Waals surface area contributed by atoms with Crippen LogP contribution in [0.4, 0.5) is 5.13 Å². The molecule has 1 aromatic heterocycles. The minimum Gasteiger partial charge on any atom is -0.370 e. The van der Waals surface area contributed by atoms with Crippen molar-refractivity contribution in [2.45, 2.75) is 6.92 Å². The first kappa shape index (κ1) is 14.4. The third-order valence-electron chi connectivity index (χ3n) is 3.78. The van der Waals surface area contributed by atoms with E-state index in [2.05, 4.69) is 4.98 Å². The van der Waals surface area contributed by atoms with Gasteiger partial charge in [-0.05, 0) is 12.1 Å². The van der Waals surface area contributed by atoms with E-state index >= 15 is 0 Å². The van der Waals surface area contributed by atoms with Crippen LogP contribution in [0.15, 0.2) is 24.3 Å². The highest BCUT2D eigenvalue weighted by molar-refractivity contribution is 7.22. The molecule has 0 bridgehead atoms. The van der Waals surface area contributed by atoms with Gasteiger partial charge in [0.05, 0.1) is 36.5 Å².